The summed E-state index contributed by atoms with van der Waals surface area (Å²) in [5.41, 5.74) is 1.93. The second-order valence-electron chi connectivity index (χ2n) is 4.97. The van der Waals surface area contributed by atoms with Gasteiger partial charge < -0.3 is 10.1 Å². The predicted molar refractivity (Wildman–Crippen MR) is 78.8 cm³/mol. The summed E-state index contributed by atoms with van der Waals surface area (Å²) in [6.45, 7) is 2.88. The molecule has 0 aromatic heterocycles. The van der Waals surface area contributed by atoms with Crippen molar-refractivity contribution in [2.75, 3.05) is 33.4 Å². The van der Waals surface area contributed by atoms with Gasteiger partial charge in [-0.25, -0.2) is 8.42 Å². The van der Waals surface area contributed by atoms with E-state index in [9.17, 15) is 8.42 Å². The Morgan fingerprint density at radius 3 is 2.85 bits per heavy atom. The first-order valence-electron chi connectivity index (χ1n) is 6.90. The molecule has 1 aromatic rings. The van der Waals surface area contributed by atoms with Crippen molar-refractivity contribution in [2.45, 2.75) is 18.7 Å². The first-order valence-corrected chi connectivity index (χ1v) is 8.51. The summed E-state index contributed by atoms with van der Waals surface area (Å²) < 4.78 is 31.7. The molecular formula is C14H22N2O3S. The number of rotatable bonds is 5. The highest BCUT2D eigenvalue weighted by molar-refractivity contribution is 7.88. The highest BCUT2D eigenvalue weighted by Gasteiger charge is 2.23. The molecule has 1 aliphatic heterocycles. The number of nitrogens with zero attached hydrogens (tertiary/aromatic N) is 1. The Kier molecular flexibility index (Phi) is 5.54. The monoisotopic (exact) mass is 298 g/mol. The van der Waals surface area contributed by atoms with E-state index in [-0.39, 0.29) is 5.75 Å². The van der Waals surface area contributed by atoms with Gasteiger partial charge in [0.15, 0.2) is 0 Å². The predicted octanol–water partition coefficient (Wildman–Crippen LogP) is 0.958. The zero-order valence-corrected chi connectivity index (χ0v) is 12.7. The fourth-order valence-corrected chi connectivity index (χ4v) is 3.88. The standard InChI is InChI=1S/C14H22N2O3S/c1-15-11-13-4-2-5-14(10-13)12-20(17,18)16-6-3-8-19-9-7-16/h2,4-5,10,15H,3,6-9,11-12H2,1H3. The molecule has 1 aromatic carbocycles. The maximum Gasteiger partial charge on any atom is 0.218 e. The van der Waals surface area contributed by atoms with Crippen LogP contribution in [-0.2, 0) is 27.1 Å². The van der Waals surface area contributed by atoms with Gasteiger partial charge in [0.1, 0.15) is 0 Å². The Labute approximate surface area is 121 Å². The smallest absolute Gasteiger partial charge is 0.218 e. The lowest BCUT2D eigenvalue weighted by Crippen LogP contribution is -2.34. The Balaban J connectivity index is 2.08. The molecule has 0 bridgehead atoms. The van der Waals surface area contributed by atoms with Crippen molar-refractivity contribution in [3.05, 3.63) is 35.4 Å². The fourth-order valence-electron chi connectivity index (χ4n) is 2.34. The molecule has 1 fully saturated rings. The lowest BCUT2D eigenvalue weighted by atomic mass is 10.1. The van der Waals surface area contributed by atoms with Gasteiger partial charge in [-0.3, -0.25) is 0 Å². The summed E-state index contributed by atoms with van der Waals surface area (Å²) in [5, 5.41) is 3.07. The SMILES string of the molecule is CNCc1cccc(CS(=O)(=O)N2CCCOCC2)c1. The average molecular weight is 298 g/mol. The van der Waals surface area contributed by atoms with Crippen molar-refractivity contribution in [3.8, 4) is 0 Å². The van der Waals surface area contributed by atoms with Gasteiger partial charge in [-0.15, -0.1) is 0 Å². The van der Waals surface area contributed by atoms with E-state index in [1.807, 2.05) is 31.3 Å². The van der Waals surface area contributed by atoms with E-state index < -0.39 is 10.0 Å². The van der Waals surface area contributed by atoms with E-state index in [1.165, 1.54) is 0 Å². The van der Waals surface area contributed by atoms with Crippen LogP contribution in [0.5, 0.6) is 0 Å². The molecule has 2 rings (SSSR count). The van der Waals surface area contributed by atoms with E-state index >= 15 is 0 Å². The summed E-state index contributed by atoms with van der Waals surface area (Å²) in [4.78, 5) is 0. The number of nitrogens with one attached hydrogen (secondary N) is 1. The molecule has 0 aliphatic carbocycles. The van der Waals surface area contributed by atoms with Gasteiger partial charge in [-0.05, 0) is 24.6 Å². The summed E-state index contributed by atoms with van der Waals surface area (Å²) in [6, 6.07) is 7.71. The summed E-state index contributed by atoms with van der Waals surface area (Å²) in [5.74, 6) is 0.0601. The van der Waals surface area contributed by atoms with Crippen LogP contribution < -0.4 is 5.32 Å². The first-order chi connectivity index (χ1) is 9.62. The highest BCUT2D eigenvalue weighted by Crippen LogP contribution is 2.14. The number of sulfonamides is 1. The second kappa shape index (κ2) is 7.17. The lowest BCUT2D eigenvalue weighted by Gasteiger charge is -2.19. The van der Waals surface area contributed by atoms with Gasteiger partial charge in [-0.1, -0.05) is 24.3 Å². The minimum atomic E-state index is -3.26. The van der Waals surface area contributed by atoms with E-state index in [1.54, 1.807) is 4.31 Å². The molecule has 20 heavy (non-hydrogen) atoms. The van der Waals surface area contributed by atoms with Crippen molar-refractivity contribution < 1.29 is 13.2 Å². The molecule has 5 nitrogen and oxygen atoms in total. The van der Waals surface area contributed by atoms with Crippen molar-refractivity contribution in [2.24, 2.45) is 0 Å². The molecule has 6 heteroatoms. The number of benzene rings is 1. The fraction of sp³-hybridized carbons (Fsp3) is 0.571. The summed E-state index contributed by atoms with van der Waals surface area (Å²) >= 11 is 0. The number of hydrogen-bond acceptors (Lipinski definition) is 4. The summed E-state index contributed by atoms with van der Waals surface area (Å²) in [6.07, 6.45) is 0.763. The zero-order chi connectivity index (χ0) is 14.4. The van der Waals surface area contributed by atoms with E-state index in [4.69, 9.17) is 4.74 Å². The Bertz CT molecular complexity index is 523. The van der Waals surface area contributed by atoms with Crippen LogP contribution in [0.3, 0.4) is 0 Å². The lowest BCUT2D eigenvalue weighted by molar-refractivity contribution is 0.148. The van der Waals surface area contributed by atoms with Gasteiger partial charge in [0.05, 0.1) is 12.4 Å². The van der Waals surface area contributed by atoms with Crippen LogP contribution in [0.4, 0.5) is 0 Å². The van der Waals surface area contributed by atoms with Crippen LogP contribution in [0.2, 0.25) is 0 Å². The number of hydrogen-bond donors (Lipinski definition) is 1. The van der Waals surface area contributed by atoms with Crippen molar-refractivity contribution in [1.29, 1.82) is 0 Å². The molecule has 1 heterocycles. The maximum absolute atomic E-state index is 12.4. The van der Waals surface area contributed by atoms with Gasteiger partial charge in [0.25, 0.3) is 0 Å². The molecule has 0 amide bonds. The highest BCUT2D eigenvalue weighted by atomic mass is 32.2. The molecule has 0 spiro atoms. The Morgan fingerprint density at radius 2 is 2.05 bits per heavy atom. The van der Waals surface area contributed by atoms with Crippen LogP contribution in [0.25, 0.3) is 0 Å². The molecule has 1 saturated heterocycles. The van der Waals surface area contributed by atoms with Crippen LogP contribution >= 0.6 is 0 Å². The van der Waals surface area contributed by atoms with E-state index in [0.717, 1.165) is 24.1 Å². The minimum Gasteiger partial charge on any atom is -0.380 e. The number of ether oxygens (including phenoxy) is 1. The molecule has 0 saturated carbocycles. The van der Waals surface area contributed by atoms with Gasteiger partial charge in [0.2, 0.25) is 10.0 Å². The average Bonchev–Trinajstić information content (AvgIpc) is 2.68. The van der Waals surface area contributed by atoms with Crippen LogP contribution in [0.1, 0.15) is 17.5 Å². The second-order valence-corrected chi connectivity index (χ2v) is 6.94. The van der Waals surface area contributed by atoms with Crippen molar-refractivity contribution in [1.82, 2.24) is 9.62 Å². The van der Waals surface area contributed by atoms with Crippen LogP contribution in [0, 0.1) is 0 Å². The largest absolute Gasteiger partial charge is 0.380 e. The first kappa shape index (κ1) is 15.4. The zero-order valence-electron chi connectivity index (χ0n) is 11.8. The maximum atomic E-state index is 12.4. The van der Waals surface area contributed by atoms with Gasteiger partial charge in [-0.2, -0.15) is 4.31 Å². The molecular weight excluding hydrogens is 276 g/mol. The van der Waals surface area contributed by atoms with Crippen LogP contribution in [0.15, 0.2) is 24.3 Å². The van der Waals surface area contributed by atoms with Gasteiger partial charge in [0, 0.05) is 26.2 Å². The molecule has 0 unspecified atom stereocenters. The molecule has 112 valence electrons. The van der Waals surface area contributed by atoms with Gasteiger partial charge >= 0.3 is 0 Å². The van der Waals surface area contributed by atoms with Crippen LogP contribution in [-0.4, -0.2) is 46.1 Å². The topological polar surface area (TPSA) is 58.6 Å². The Morgan fingerprint density at radius 1 is 1.25 bits per heavy atom. The summed E-state index contributed by atoms with van der Waals surface area (Å²) in [7, 11) is -1.38. The third kappa shape index (κ3) is 4.28. The molecule has 1 aliphatic rings. The minimum absolute atomic E-state index is 0.0601. The van der Waals surface area contributed by atoms with E-state index in [0.29, 0.717) is 26.3 Å². The molecule has 0 atom stereocenters. The normalized spacial score (nSPS) is 17.9. The molecule has 0 radical (unpaired) electrons. The quantitative estimate of drug-likeness (QED) is 0.879. The Hall–Kier alpha value is -0.950. The third-order valence-electron chi connectivity index (χ3n) is 3.30. The molecule has 1 N–H and O–H groups in total. The van der Waals surface area contributed by atoms with Crippen molar-refractivity contribution >= 4 is 10.0 Å². The van der Waals surface area contributed by atoms with Crippen molar-refractivity contribution in [3.63, 3.8) is 0 Å². The third-order valence-corrected chi connectivity index (χ3v) is 5.15. The van der Waals surface area contributed by atoms with E-state index in [2.05, 4.69) is 5.32 Å².